The van der Waals surface area contributed by atoms with E-state index in [9.17, 15) is 4.79 Å². The lowest BCUT2D eigenvalue weighted by molar-refractivity contribution is -0.115. The molecule has 0 saturated heterocycles. The Balaban J connectivity index is 2.28. The van der Waals surface area contributed by atoms with Gasteiger partial charge in [0.2, 0.25) is 5.91 Å². The van der Waals surface area contributed by atoms with Crippen LogP contribution in [0.15, 0.2) is 29.4 Å². The summed E-state index contributed by atoms with van der Waals surface area (Å²) in [6.45, 7) is 12.0. The molecule has 6 heteroatoms. The van der Waals surface area contributed by atoms with Crippen LogP contribution in [0.25, 0.3) is 11.4 Å². The normalized spacial score (nSPS) is 12.9. The summed E-state index contributed by atoms with van der Waals surface area (Å²) in [4.78, 5) is 11.2. The number of nitrogens with two attached hydrogens (primary N) is 1. The highest BCUT2D eigenvalue weighted by Crippen LogP contribution is 2.29. The van der Waals surface area contributed by atoms with Crippen LogP contribution < -0.4 is 5.73 Å². The number of primary amides is 1. The number of carbonyl (C=O) groups excluding carboxylic acids is 1. The van der Waals surface area contributed by atoms with E-state index in [1.165, 1.54) is 43.0 Å². The minimum atomic E-state index is -0.341. The highest BCUT2D eigenvalue weighted by molar-refractivity contribution is 7.99. The van der Waals surface area contributed by atoms with E-state index in [1.54, 1.807) is 0 Å². The first-order chi connectivity index (χ1) is 13.2. The van der Waals surface area contributed by atoms with Gasteiger partial charge in [-0.2, -0.15) is 0 Å². The molecule has 0 fully saturated rings. The minimum absolute atomic E-state index is 0.114. The number of thioether (sulfide) groups is 1. The lowest BCUT2D eigenvalue weighted by Crippen LogP contribution is -2.15. The van der Waals surface area contributed by atoms with E-state index in [-0.39, 0.29) is 17.1 Å². The van der Waals surface area contributed by atoms with E-state index >= 15 is 0 Å². The highest BCUT2D eigenvalue weighted by atomic mass is 32.2. The number of hydrogen-bond donors (Lipinski definition) is 1. The Bertz CT molecular complexity index is 762. The van der Waals surface area contributed by atoms with Crippen molar-refractivity contribution in [2.45, 2.75) is 77.4 Å². The summed E-state index contributed by atoms with van der Waals surface area (Å²) in [5.41, 5.74) is 7.78. The van der Waals surface area contributed by atoms with Gasteiger partial charge in [0.05, 0.1) is 5.75 Å². The molecular weight excluding hydrogens is 368 g/mol. The van der Waals surface area contributed by atoms with Crippen molar-refractivity contribution in [2.75, 3.05) is 5.75 Å². The Morgan fingerprint density at radius 2 is 1.86 bits per heavy atom. The lowest BCUT2D eigenvalue weighted by Gasteiger charge is -2.19. The second-order valence-corrected chi connectivity index (χ2v) is 9.54. The molecule has 28 heavy (non-hydrogen) atoms. The fourth-order valence-electron chi connectivity index (χ4n) is 3.17. The fourth-order valence-corrected chi connectivity index (χ4v) is 3.86. The van der Waals surface area contributed by atoms with Gasteiger partial charge in [0.25, 0.3) is 0 Å². The SMILES string of the molecule is CCCCCC(C)Cn1c(SCC(N)=O)nnc1-c1ccc(C(C)(C)C)cc1. The topological polar surface area (TPSA) is 73.8 Å². The van der Waals surface area contributed by atoms with Crippen molar-refractivity contribution in [3.8, 4) is 11.4 Å². The summed E-state index contributed by atoms with van der Waals surface area (Å²) in [6, 6.07) is 8.56. The molecule has 1 amide bonds. The maximum Gasteiger partial charge on any atom is 0.227 e. The zero-order chi connectivity index (χ0) is 20.7. The van der Waals surface area contributed by atoms with Gasteiger partial charge in [-0.25, -0.2) is 0 Å². The molecular formula is C22H34N4OS. The van der Waals surface area contributed by atoms with Crippen LogP contribution in [0.1, 0.15) is 65.9 Å². The van der Waals surface area contributed by atoms with Crippen molar-refractivity contribution in [3.63, 3.8) is 0 Å². The molecule has 1 heterocycles. The maximum atomic E-state index is 11.2. The quantitative estimate of drug-likeness (QED) is 0.446. The molecule has 1 aromatic heterocycles. The van der Waals surface area contributed by atoms with Crippen LogP contribution >= 0.6 is 11.8 Å². The number of unbranched alkanes of at least 4 members (excludes halogenated alkanes) is 2. The third kappa shape index (κ3) is 6.36. The number of amides is 1. The van der Waals surface area contributed by atoms with Gasteiger partial charge in [-0.1, -0.05) is 89.9 Å². The first-order valence-corrected chi connectivity index (χ1v) is 11.2. The molecule has 0 aliphatic rings. The second kappa shape index (κ2) is 10.1. The minimum Gasteiger partial charge on any atom is -0.369 e. The van der Waals surface area contributed by atoms with Crippen LogP contribution in [-0.4, -0.2) is 26.4 Å². The summed E-state index contributed by atoms with van der Waals surface area (Å²) in [7, 11) is 0. The third-order valence-electron chi connectivity index (χ3n) is 4.86. The van der Waals surface area contributed by atoms with Crippen LogP contribution in [0.2, 0.25) is 0 Å². The number of rotatable bonds is 10. The maximum absolute atomic E-state index is 11.2. The number of carbonyl (C=O) groups is 1. The molecule has 0 saturated carbocycles. The van der Waals surface area contributed by atoms with Gasteiger partial charge < -0.3 is 10.3 Å². The Hall–Kier alpha value is -1.82. The summed E-state index contributed by atoms with van der Waals surface area (Å²) < 4.78 is 2.15. The Kier molecular flexibility index (Phi) is 8.10. The van der Waals surface area contributed by atoms with E-state index in [0.717, 1.165) is 23.1 Å². The predicted octanol–water partition coefficient (Wildman–Crippen LogP) is 5.04. The first kappa shape index (κ1) is 22.5. The standard InChI is InChI=1S/C22H34N4OS/c1-6-7-8-9-16(2)14-26-20(24-25-21(26)28-15-19(23)27)17-10-12-18(13-11-17)22(3,4)5/h10-13,16H,6-9,14-15H2,1-5H3,(H2,23,27). The monoisotopic (exact) mass is 402 g/mol. The van der Waals surface area contributed by atoms with Crippen molar-refractivity contribution in [1.29, 1.82) is 0 Å². The molecule has 1 unspecified atom stereocenters. The average molecular weight is 403 g/mol. The lowest BCUT2D eigenvalue weighted by atomic mass is 9.86. The van der Waals surface area contributed by atoms with Gasteiger partial charge >= 0.3 is 0 Å². The fraction of sp³-hybridized carbons (Fsp3) is 0.591. The summed E-state index contributed by atoms with van der Waals surface area (Å²) in [6.07, 6.45) is 4.90. The third-order valence-corrected chi connectivity index (χ3v) is 5.85. The zero-order valence-electron chi connectivity index (χ0n) is 17.9. The second-order valence-electron chi connectivity index (χ2n) is 8.60. The molecule has 1 aromatic carbocycles. The van der Waals surface area contributed by atoms with Crippen LogP contribution in [0.3, 0.4) is 0 Å². The Morgan fingerprint density at radius 1 is 1.18 bits per heavy atom. The largest absolute Gasteiger partial charge is 0.369 e. The van der Waals surface area contributed by atoms with E-state index < -0.39 is 0 Å². The van der Waals surface area contributed by atoms with Crippen molar-refractivity contribution < 1.29 is 4.79 Å². The van der Waals surface area contributed by atoms with Gasteiger partial charge in [-0.05, 0) is 23.3 Å². The molecule has 2 rings (SSSR count). The average Bonchev–Trinajstić information content (AvgIpc) is 3.02. The van der Waals surface area contributed by atoms with Crippen LogP contribution in [0, 0.1) is 5.92 Å². The number of hydrogen-bond acceptors (Lipinski definition) is 4. The molecule has 0 radical (unpaired) electrons. The van der Waals surface area contributed by atoms with Crippen molar-refractivity contribution in [3.05, 3.63) is 29.8 Å². The molecule has 5 nitrogen and oxygen atoms in total. The van der Waals surface area contributed by atoms with E-state index in [2.05, 4.69) is 73.6 Å². The smallest absolute Gasteiger partial charge is 0.227 e. The van der Waals surface area contributed by atoms with E-state index in [4.69, 9.17) is 5.73 Å². The Morgan fingerprint density at radius 3 is 2.43 bits per heavy atom. The molecule has 0 aliphatic heterocycles. The molecule has 1 atom stereocenters. The number of benzene rings is 1. The number of nitrogens with zero attached hydrogens (tertiary/aromatic N) is 3. The van der Waals surface area contributed by atoms with Gasteiger partial charge in [0.15, 0.2) is 11.0 Å². The van der Waals surface area contributed by atoms with Crippen molar-refractivity contribution >= 4 is 17.7 Å². The number of aromatic nitrogens is 3. The van der Waals surface area contributed by atoms with Gasteiger partial charge in [0.1, 0.15) is 0 Å². The van der Waals surface area contributed by atoms with Crippen LogP contribution in [0.4, 0.5) is 0 Å². The van der Waals surface area contributed by atoms with Gasteiger partial charge in [-0.3, -0.25) is 4.79 Å². The van der Waals surface area contributed by atoms with Gasteiger partial charge in [-0.15, -0.1) is 10.2 Å². The van der Waals surface area contributed by atoms with Crippen molar-refractivity contribution in [2.24, 2.45) is 11.7 Å². The zero-order valence-corrected chi connectivity index (χ0v) is 18.7. The molecule has 0 aliphatic carbocycles. The Labute approximate surface area is 173 Å². The van der Waals surface area contributed by atoms with Crippen LogP contribution in [0.5, 0.6) is 0 Å². The summed E-state index contributed by atoms with van der Waals surface area (Å²) >= 11 is 1.36. The molecule has 0 spiro atoms. The molecule has 0 bridgehead atoms. The summed E-state index contributed by atoms with van der Waals surface area (Å²) in [5, 5.41) is 9.56. The highest BCUT2D eigenvalue weighted by Gasteiger charge is 2.19. The summed E-state index contributed by atoms with van der Waals surface area (Å²) in [5.74, 6) is 1.25. The molecule has 154 valence electrons. The predicted molar refractivity (Wildman–Crippen MR) is 117 cm³/mol. The van der Waals surface area contributed by atoms with E-state index in [1.807, 2.05) is 0 Å². The molecule has 2 N–H and O–H groups in total. The van der Waals surface area contributed by atoms with Crippen molar-refractivity contribution in [1.82, 2.24) is 14.8 Å². The van der Waals surface area contributed by atoms with Crippen LogP contribution in [-0.2, 0) is 16.8 Å². The van der Waals surface area contributed by atoms with E-state index in [0.29, 0.717) is 5.92 Å². The first-order valence-electron chi connectivity index (χ1n) is 10.2. The molecule has 2 aromatic rings. The van der Waals surface area contributed by atoms with Gasteiger partial charge in [0, 0.05) is 12.1 Å².